The number of rotatable bonds is 3. The van der Waals surface area contributed by atoms with E-state index in [9.17, 15) is 5.11 Å². The first kappa shape index (κ1) is 14.4. The second-order valence-electron chi connectivity index (χ2n) is 6.32. The van der Waals surface area contributed by atoms with E-state index in [1.54, 1.807) is 0 Å². The van der Waals surface area contributed by atoms with E-state index in [0.29, 0.717) is 11.8 Å². The molecule has 2 heteroatoms. The van der Waals surface area contributed by atoms with E-state index in [0.717, 1.165) is 17.0 Å². The number of nitrogens with zero attached hydrogens (tertiary/aromatic N) is 1. The van der Waals surface area contributed by atoms with E-state index < -0.39 is 0 Å². The van der Waals surface area contributed by atoms with E-state index >= 15 is 0 Å². The highest BCUT2D eigenvalue weighted by Crippen LogP contribution is 2.34. The number of aryl methyl sites for hydroxylation is 1. The Morgan fingerprint density at radius 2 is 1.84 bits per heavy atom. The third kappa shape index (κ3) is 3.30. The predicted octanol–water partition coefficient (Wildman–Crippen LogP) is 4.27. The van der Waals surface area contributed by atoms with Crippen LogP contribution in [-0.2, 0) is 0 Å². The molecule has 106 valence electrons. The lowest BCUT2D eigenvalue weighted by atomic mass is 9.86. The van der Waals surface area contributed by atoms with Crippen molar-refractivity contribution in [1.82, 2.24) is 4.90 Å². The van der Waals surface area contributed by atoms with Crippen LogP contribution < -0.4 is 0 Å². The highest BCUT2D eigenvalue weighted by molar-refractivity contribution is 5.37. The summed E-state index contributed by atoms with van der Waals surface area (Å²) < 4.78 is 0. The smallest absolute Gasteiger partial charge is 0.120 e. The lowest BCUT2D eigenvalue weighted by molar-refractivity contribution is 0.130. The molecule has 1 aromatic carbocycles. The van der Waals surface area contributed by atoms with Crippen LogP contribution in [0.15, 0.2) is 18.2 Å². The third-order valence-corrected chi connectivity index (χ3v) is 4.81. The van der Waals surface area contributed by atoms with Crippen molar-refractivity contribution in [3.8, 4) is 5.75 Å². The molecule has 0 spiro atoms. The molecule has 0 aliphatic heterocycles. The van der Waals surface area contributed by atoms with Crippen molar-refractivity contribution in [2.24, 2.45) is 5.92 Å². The molecule has 1 N–H and O–H groups in total. The first-order valence-electron chi connectivity index (χ1n) is 7.50. The fourth-order valence-electron chi connectivity index (χ4n) is 3.19. The molecule has 1 unspecified atom stereocenters. The standard InChI is InChI=1S/C17H27NO/c1-12-5-8-15(9-6-12)18(4)14(3)16-10-7-13(2)11-17(16)19/h7,10-12,14-15,19H,5-6,8-9H2,1-4H3. The Balaban J connectivity index is 2.08. The molecule has 1 fully saturated rings. The molecule has 0 amide bonds. The lowest BCUT2D eigenvalue weighted by Gasteiger charge is -2.37. The number of benzene rings is 1. The zero-order chi connectivity index (χ0) is 14.0. The number of phenolic OH excluding ortho intramolecular Hbond substituents is 1. The van der Waals surface area contributed by atoms with Crippen LogP contribution in [-0.4, -0.2) is 23.1 Å². The Hall–Kier alpha value is -1.02. The van der Waals surface area contributed by atoms with Crippen LogP contribution in [0, 0.1) is 12.8 Å². The molecule has 1 atom stereocenters. The van der Waals surface area contributed by atoms with E-state index in [1.807, 2.05) is 13.0 Å². The van der Waals surface area contributed by atoms with Gasteiger partial charge in [0.15, 0.2) is 0 Å². The van der Waals surface area contributed by atoms with Crippen molar-refractivity contribution in [2.45, 2.75) is 58.5 Å². The normalized spacial score (nSPS) is 25.5. The predicted molar refractivity (Wildman–Crippen MR) is 80.4 cm³/mol. The van der Waals surface area contributed by atoms with Gasteiger partial charge in [-0.05, 0) is 64.1 Å². The van der Waals surface area contributed by atoms with Crippen molar-refractivity contribution < 1.29 is 5.11 Å². The number of phenols is 1. The Bertz CT molecular complexity index is 421. The van der Waals surface area contributed by atoms with Gasteiger partial charge in [-0.15, -0.1) is 0 Å². The van der Waals surface area contributed by atoms with Crippen LogP contribution in [0.3, 0.4) is 0 Å². The zero-order valence-corrected chi connectivity index (χ0v) is 12.7. The summed E-state index contributed by atoms with van der Waals surface area (Å²) in [6, 6.07) is 6.95. The molecule has 0 bridgehead atoms. The molecule has 0 aromatic heterocycles. The molecule has 1 saturated carbocycles. The topological polar surface area (TPSA) is 23.5 Å². The SMILES string of the molecule is Cc1ccc(C(C)N(C)C2CCC(C)CC2)c(O)c1. The maximum atomic E-state index is 10.1. The van der Waals surface area contributed by atoms with Crippen molar-refractivity contribution in [3.63, 3.8) is 0 Å². The van der Waals surface area contributed by atoms with Gasteiger partial charge >= 0.3 is 0 Å². The molecule has 0 saturated heterocycles. The van der Waals surface area contributed by atoms with Gasteiger partial charge in [0, 0.05) is 17.6 Å². The molecule has 0 radical (unpaired) electrons. The van der Waals surface area contributed by atoms with E-state index in [4.69, 9.17) is 0 Å². The monoisotopic (exact) mass is 261 g/mol. The van der Waals surface area contributed by atoms with Crippen LogP contribution >= 0.6 is 0 Å². The second kappa shape index (κ2) is 5.96. The number of aromatic hydroxyl groups is 1. The summed E-state index contributed by atoms with van der Waals surface area (Å²) in [5.41, 5.74) is 2.16. The molecule has 2 nitrogen and oxygen atoms in total. The number of hydrogen-bond acceptors (Lipinski definition) is 2. The van der Waals surface area contributed by atoms with Gasteiger partial charge in [-0.1, -0.05) is 19.1 Å². The quantitative estimate of drug-likeness (QED) is 0.878. The van der Waals surface area contributed by atoms with Gasteiger partial charge < -0.3 is 5.11 Å². The average Bonchev–Trinajstić information content (AvgIpc) is 2.38. The lowest BCUT2D eigenvalue weighted by Crippen LogP contribution is -2.36. The Kier molecular flexibility index (Phi) is 4.51. The minimum absolute atomic E-state index is 0.277. The summed E-state index contributed by atoms with van der Waals surface area (Å²) in [6.45, 7) is 6.56. The highest BCUT2D eigenvalue weighted by atomic mass is 16.3. The third-order valence-electron chi connectivity index (χ3n) is 4.81. The summed E-state index contributed by atoms with van der Waals surface area (Å²) in [4.78, 5) is 2.44. The van der Waals surface area contributed by atoms with Crippen LogP contribution in [0.2, 0.25) is 0 Å². The molecular formula is C17H27NO. The van der Waals surface area contributed by atoms with Crippen molar-refractivity contribution in [3.05, 3.63) is 29.3 Å². The van der Waals surface area contributed by atoms with Crippen LogP contribution in [0.4, 0.5) is 0 Å². The van der Waals surface area contributed by atoms with E-state index in [-0.39, 0.29) is 6.04 Å². The van der Waals surface area contributed by atoms with E-state index in [2.05, 4.69) is 37.9 Å². The fourth-order valence-corrected chi connectivity index (χ4v) is 3.19. The van der Waals surface area contributed by atoms with Crippen LogP contribution in [0.5, 0.6) is 5.75 Å². The molecule has 0 heterocycles. The summed E-state index contributed by atoms with van der Waals surface area (Å²) >= 11 is 0. The average molecular weight is 261 g/mol. The maximum absolute atomic E-state index is 10.1. The van der Waals surface area contributed by atoms with Crippen LogP contribution in [0.25, 0.3) is 0 Å². The Labute approximate surface area is 117 Å². The summed E-state index contributed by atoms with van der Waals surface area (Å²) in [5, 5.41) is 10.1. The molecule has 1 aliphatic rings. The highest BCUT2D eigenvalue weighted by Gasteiger charge is 2.26. The summed E-state index contributed by atoms with van der Waals surface area (Å²) in [6.07, 6.45) is 5.24. The molecule has 1 aromatic rings. The maximum Gasteiger partial charge on any atom is 0.120 e. The van der Waals surface area contributed by atoms with Gasteiger partial charge in [-0.25, -0.2) is 0 Å². The second-order valence-corrected chi connectivity index (χ2v) is 6.32. The molecular weight excluding hydrogens is 234 g/mol. The van der Waals surface area contributed by atoms with Gasteiger partial charge in [0.05, 0.1) is 0 Å². The first-order chi connectivity index (χ1) is 8.99. The largest absolute Gasteiger partial charge is 0.508 e. The Morgan fingerprint density at radius 3 is 2.42 bits per heavy atom. The minimum Gasteiger partial charge on any atom is -0.508 e. The van der Waals surface area contributed by atoms with Crippen molar-refractivity contribution in [2.75, 3.05) is 7.05 Å². The fraction of sp³-hybridized carbons (Fsp3) is 0.647. The Morgan fingerprint density at radius 1 is 1.21 bits per heavy atom. The van der Waals surface area contributed by atoms with Crippen molar-refractivity contribution in [1.29, 1.82) is 0 Å². The zero-order valence-electron chi connectivity index (χ0n) is 12.7. The molecule has 19 heavy (non-hydrogen) atoms. The van der Waals surface area contributed by atoms with Gasteiger partial charge in [-0.3, -0.25) is 4.90 Å². The first-order valence-corrected chi connectivity index (χ1v) is 7.50. The van der Waals surface area contributed by atoms with E-state index in [1.165, 1.54) is 25.7 Å². The van der Waals surface area contributed by atoms with Gasteiger partial charge in [0.1, 0.15) is 5.75 Å². The van der Waals surface area contributed by atoms with Crippen LogP contribution in [0.1, 0.15) is 56.7 Å². The molecule has 1 aliphatic carbocycles. The van der Waals surface area contributed by atoms with Gasteiger partial charge in [0.25, 0.3) is 0 Å². The summed E-state index contributed by atoms with van der Waals surface area (Å²) in [5.74, 6) is 1.32. The summed E-state index contributed by atoms with van der Waals surface area (Å²) in [7, 11) is 2.20. The van der Waals surface area contributed by atoms with Gasteiger partial charge in [0.2, 0.25) is 0 Å². The molecule has 2 rings (SSSR count). The number of hydrogen-bond donors (Lipinski definition) is 1. The van der Waals surface area contributed by atoms with Crippen molar-refractivity contribution >= 4 is 0 Å². The minimum atomic E-state index is 0.277. The van der Waals surface area contributed by atoms with Gasteiger partial charge in [-0.2, -0.15) is 0 Å².